The van der Waals surface area contributed by atoms with E-state index in [1.807, 2.05) is 0 Å². The lowest BCUT2D eigenvalue weighted by Gasteiger charge is -2.20. The highest BCUT2D eigenvalue weighted by Gasteiger charge is 2.18. The SMILES string of the molecule is C=CC(=O)NC(CO)C(O)CCO. The number of amides is 1. The van der Waals surface area contributed by atoms with E-state index in [9.17, 15) is 9.90 Å². The van der Waals surface area contributed by atoms with Gasteiger partial charge < -0.3 is 20.6 Å². The zero-order valence-corrected chi connectivity index (χ0v) is 7.31. The van der Waals surface area contributed by atoms with Crippen LogP contribution in [0.15, 0.2) is 12.7 Å². The molecule has 0 saturated carbocycles. The van der Waals surface area contributed by atoms with Gasteiger partial charge in [-0.1, -0.05) is 6.58 Å². The monoisotopic (exact) mass is 189 g/mol. The molecule has 0 aliphatic carbocycles. The second-order valence-electron chi connectivity index (χ2n) is 2.58. The van der Waals surface area contributed by atoms with Crippen LogP contribution in [0.3, 0.4) is 0 Å². The maximum Gasteiger partial charge on any atom is 0.243 e. The fraction of sp³-hybridized carbons (Fsp3) is 0.625. The summed E-state index contributed by atoms with van der Waals surface area (Å²) in [5.41, 5.74) is 0. The standard InChI is InChI=1S/C8H15NO4/c1-2-8(13)9-6(5-11)7(12)3-4-10/h2,6-7,10-12H,1,3-5H2,(H,9,13). The van der Waals surface area contributed by atoms with Crippen molar-refractivity contribution in [3.05, 3.63) is 12.7 Å². The van der Waals surface area contributed by atoms with E-state index in [2.05, 4.69) is 11.9 Å². The highest BCUT2D eigenvalue weighted by molar-refractivity contribution is 5.87. The van der Waals surface area contributed by atoms with Gasteiger partial charge >= 0.3 is 0 Å². The van der Waals surface area contributed by atoms with Gasteiger partial charge in [0.2, 0.25) is 5.91 Å². The predicted octanol–water partition coefficient (Wildman–Crippen LogP) is -1.61. The van der Waals surface area contributed by atoms with Crippen LogP contribution in [0, 0.1) is 0 Å². The van der Waals surface area contributed by atoms with Crippen molar-refractivity contribution in [2.75, 3.05) is 13.2 Å². The first kappa shape index (κ1) is 12.1. The van der Waals surface area contributed by atoms with Gasteiger partial charge in [-0.3, -0.25) is 4.79 Å². The Hall–Kier alpha value is -0.910. The van der Waals surface area contributed by atoms with Crippen LogP contribution in [0.2, 0.25) is 0 Å². The second kappa shape index (κ2) is 6.59. The molecule has 76 valence electrons. The first-order chi connectivity index (χ1) is 6.15. The summed E-state index contributed by atoms with van der Waals surface area (Å²) >= 11 is 0. The Bertz CT molecular complexity index is 172. The molecule has 0 spiro atoms. The third-order valence-corrected chi connectivity index (χ3v) is 1.60. The van der Waals surface area contributed by atoms with E-state index in [0.29, 0.717) is 0 Å². The van der Waals surface area contributed by atoms with Crippen molar-refractivity contribution in [3.8, 4) is 0 Å². The van der Waals surface area contributed by atoms with Gasteiger partial charge in [0.1, 0.15) is 0 Å². The van der Waals surface area contributed by atoms with Gasteiger partial charge in [-0.25, -0.2) is 0 Å². The topological polar surface area (TPSA) is 89.8 Å². The Balaban J connectivity index is 4.00. The molecule has 1 amide bonds. The van der Waals surface area contributed by atoms with Gasteiger partial charge in [-0.2, -0.15) is 0 Å². The molecule has 2 unspecified atom stereocenters. The fourth-order valence-electron chi connectivity index (χ4n) is 0.839. The summed E-state index contributed by atoms with van der Waals surface area (Å²) in [5, 5.41) is 28.9. The average molecular weight is 189 g/mol. The molecule has 0 heterocycles. The molecule has 5 heteroatoms. The molecule has 0 saturated heterocycles. The smallest absolute Gasteiger partial charge is 0.243 e. The number of aliphatic hydroxyl groups excluding tert-OH is 3. The molecule has 0 rings (SSSR count). The molecular weight excluding hydrogens is 174 g/mol. The molecule has 5 nitrogen and oxygen atoms in total. The Morgan fingerprint density at radius 2 is 2.15 bits per heavy atom. The molecule has 0 radical (unpaired) electrons. The molecule has 4 N–H and O–H groups in total. The first-order valence-electron chi connectivity index (χ1n) is 3.98. The van der Waals surface area contributed by atoms with Crippen LogP contribution >= 0.6 is 0 Å². The van der Waals surface area contributed by atoms with Crippen LogP contribution in [0.4, 0.5) is 0 Å². The van der Waals surface area contributed by atoms with Crippen molar-refractivity contribution < 1.29 is 20.1 Å². The van der Waals surface area contributed by atoms with Crippen molar-refractivity contribution in [1.29, 1.82) is 0 Å². The van der Waals surface area contributed by atoms with Crippen LogP contribution in [-0.2, 0) is 4.79 Å². The van der Waals surface area contributed by atoms with Gasteiger partial charge in [0, 0.05) is 6.61 Å². The van der Waals surface area contributed by atoms with Crippen LogP contribution in [0.5, 0.6) is 0 Å². The van der Waals surface area contributed by atoms with E-state index in [1.165, 1.54) is 0 Å². The minimum absolute atomic E-state index is 0.114. The summed E-state index contributed by atoms with van der Waals surface area (Å²) in [5.74, 6) is -0.462. The van der Waals surface area contributed by atoms with E-state index in [0.717, 1.165) is 6.08 Å². The number of carbonyl (C=O) groups excluding carboxylic acids is 1. The summed E-state index contributed by atoms with van der Waals surface area (Å²) in [6.45, 7) is 2.66. The van der Waals surface area contributed by atoms with Gasteiger partial charge in [-0.15, -0.1) is 0 Å². The number of nitrogens with one attached hydrogen (secondary N) is 1. The second-order valence-corrected chi connectivity index (χ2v) is 2.58. The highest BCUT2D eigenvalue weighted by atomic mass is 16.3. The Labute approximate surface area is 76.7 Å². The zero-order chi connectivity index (χ0) is 10.3. The van der Waals surface area contributed by atoms with Crippen molar-refractivity contribution in [2.45, 2.75) is 18.6 Å². The molecule has 13 heavy (non-hydrogen) atoms. The quantitative estimate of drug-likeness (QED) is 0.378. The van der Waals surface area contributed by atoms with Gasteiger partial charge in [-0.05, 0) is 12.5 Å². The molecule has 0 aliphatic rings. The molecule has 0 fully saturated rings. The molecule has 0 bridgehead atoms. The maximum absolute atomic E-state index is 10.8. The van der Waals surface area contributed by atoms with Crippen molar-refractivity contribution in [1.82, 2.24) is 5.32 Å². The average Bonchev–Trinajstić information content (AvgIpc) is 2.14. The Kier molecular flexibility index (Phi) is 6.13. The number of rotatable bonds is 6. The third kappa shape index (κ3) is 4.62. The normalized spacial score (nSPS) is 14.7. The molecule has 0 aromatic carbocycles. The number of carbonyl (C=O) groups is 1. The number of hydrogen-bond donors (Lipinski definition) is 4. The van der Waals surface area contributed by atoms with E-state index in [4.69, 9.17) is 10.2 Å². The summed E-state index contributed by atoms with van der Waals surface area (Å²) in [4.78, 5) is 10.8. The Morgan fingerprint density at radius 1 is 1.54 bits per heavy atom. The summed E-state index contributed by atoms with van der Waals surface area (Å²) in [6, 6.07) is -0.752. The first-order valence-corrected chi connectivity index (χ1v) is 3.98. The van der Waals surface area contributed by atoms with Crippen molar-refractivity contribution in [2.24, 2.45) is 0 Å². The van der Waals surface area contributed by atoms with Crippen LogP contribution < -0.4 is 5.32 Å². The van der Waals surface area contributed by atoms with E-state index < -0.39 is 18.1 Å². The number of hydrogen-bond acceptors (Lipinski definition) is 4. The van der Waals surface area contributed by atoms with E-state index in [-0.39, 0.29) is 19.6 Å². The van der Waals surface area contributed by atoms with Crippen LogP contribution in [0.1, 0.15) is 6.42 Å². The van der Waals surface area contributed by atoms with E-state index in [1.54, 1.807) is 0 Å². The lowest BCUT2D eigenvalue weighted by atomic mass is 10.1. The summed E-state index contributed by atoms with van der Waals surface area (Å²) in [7, 11) is 0. The van der Waals surface area contributed by atoms with Crippen LogP contribution in [0.25, 0.3) is 0 Å². The molecule has 2 atom stereocenters. The minimum Gasteiger partial charge on any atom is -0.396 e. The van der Waals surface area contributed by atoms with Gasteiger partial charge in [0.25, 0.3) is 0 Å². The number of aliphatic hydroxyl groups is 3. The zero-order valence-electron chi connectivity index (χ0n) is 7.31. The molecule has 0 aromatic heterocycles. The lowest BCUT2D eigenvalue weighted by molar-refractivity contribution is -0.118. The Morgan fingerprint density at radius 3 is 2.54 bits per heavy atom. The maximum atomic E-state index is 10.8. The lowest BCUT2D eigenvalue weighted by Crippen LogP contribution is -2.45. The van der Waals surface area contributed by atoms with Crippen molar-refractivity contribution in [3.63, 3.8) is 0 Å². The predicted molar refractivity (Wildman–Crippen MR) is 46.9 cm³/mol. The largest absolute Gasteiger partial charge is 0.396 e. The minimum atomic E-state index is -0.945. The molecular formula is C8H15NO4. The van der Waals surface area contributed by atoms with Crippen molar-refractivity contribution >= 4 is 5.91 Å². The summed E-state index contributed by atoms with van der Waals surface area (Å²) < 4.78 is 0. The highest BCUT2D eigenvalue weighted by Crippen LogP contribution is 1.97. The van der Waals surface area contributed by atoms with Gasteiger partial charge in [0.05, 0.1) is 18.8 Å². The van der Waals surface area contributed by atoms with E-state index >= 15 is 0 Å². The van der Waals surface area contributed by atoms with Gasteiger partial charge in [0.15, 0.2) is 0 Å². The van der Waals surface area contributed by atoms with Crippen LogP contribution in [-0.4, -0.2) is 46.6 Å². The molecule has 0 aromatic rings. The third-order valence-electron chi connectivity index (χ3n) is 1.60. The molecule has 0 aliphatic heterocycles. The fourth-order valence-corrected chi connectivity index (χ4v) is 0.839. The summed E-state index contributed by atoms with van der Waals surface area (Å²) in [6.07, 6.45) is 0.218.